The number of H-pyrrole nitrogens is 2. The number of hydrogen-bond donors (Lipinski definition) is 2. The molecule has 0 unspecified atom stereocenters. The Hall–Kier alpha value is -1.96. The van der Waals surface area contributed by atoms with Crippen LogP contribution < -0.4 is 0 Å². The summed E-state index contributed by atoms with van der Waals surface area (Å²) in [5.41, 5.74) is 6.69. The summed E-state index contributed by atoms with van der Waals surface area (Å²) in [4.78, 5) is 7.11. The maximum absolute atomic E-state index is 4.58. The second kappa shape index (κ2) is 3.44. The van der Waals surface area contributed by atoms with Gasteiger partial charge in [-0.1, -0.05) is 0 Å². The second-order valence-corrected chi connectivity index (χ2v) is 7.40. The van der Waals surface area contributed by atoms with Crippen LogP contribution in [0.15, 0.2) is 22.9 Å². The van der Waals surface area contributed by atoms with Crippen LogP contribution in [-0.2, 0) is 0 Å². The number of rotatable bonds is 0. The average molecular weight is 326 g/mol. The first kappa shape index (κ1) is 10.7. The van der Waals surface area contributed by atoms with Crippen molar-refractivity contribution in [3.8, 4) is 0 Å². The predicted molar refractivity (Wildman–Crippen MR) is 91.9 cm³/mol. The van der Waals surface area contributed by atoms with Gasteiger partial charge in [0, 0.05) is 10.8 Å². The molecule has 0 aliphatic carbocycles. The van der Waals surface area contributed by atoms with Crippen molar-refractivity contribution < 1.29 is 0 Å². The molecule has 6 rings (SSSR count). The fraction of sp³-hybridized carbons (Fsp3) is 0. The molecule has 1 aromatic carbocycles. The van der Waals surface area contributed by atoms with Crippen molar-refractivity contribution in [1.82, 2.24) is 18.7 Å². The summed E-state index contributed by atoms with van der Waals surface area (Å²) in [5, 5.41) is 6.63. The molecule has 100 valence electrons. The van der Waals surface area contributed by atoms with E-state index in [-0.39, 0.29) is 0 Å². The fourth-order valence-electron chi connectivity index (χ4n) is 3.17. The molecule has 0 saturated heterocycles. The third-order valence-electron chi connectivity index (χ3n) is 4.02. The first-order valence-corrected chi connectivity index (χ1v) is 8.93. The van der Waals surface area contributed by atoms with Crippen LogP contribution in [-0.4, -0.2) is 18.7 Å². The summed E-state index contributed by atoms with van der Waals surface area (Å²) >= 11 is 4.80. The number of aromatic amines is 2. The van der Waals surface area contributed by atoms with Crippen LogP contribution in [0.4, 0.5) is 0 Å². The van der Waals surface area contributed by atoms with Gasteiger partial charge in [0.2, 0.25) is 0 Å². The predicted octanol–water partition coefficient (Wildman–Crippen LogP) is 5.08. The smallest absolute Gasteiger partial charge is 0.116 e. The van der Waals surface area contributed by atoms with Crippen molar-refractivity contribution in [3.63, 3.8) is 0 Å². The van der Waals surface area contributed by atoms with Gasteiger partial charge in [-0.25, -0.2) is 0 Å². The summed E-state index contributed by atoms with van der Waals surface area (Å²) in [5.74, 6) is 0. The molecule has 0 atom stereocenters. The van der Waals surface area contributed by atoms with Gasteiger partial charge in [-0.2, -0.15) is 8.75 Å². The highest BCUT2D eigenvalue weighted by molar-refractivity contribution is 7.19. The molecule has 0 aliphatic heterocycles. The number of nitrogens with one attached hydrogen (secondary N) is 2. The summed E-state index contributed by atoms with van der Waals surface area (Å²) in [6.07, 6.45) is 0. The van der Waals surface area contributed by atoms with Crippen LogP contribution in [0, 0.1) is 0 Å². The van der Waals surface area contributed by atoms with Gasteiger partial charge in [-0.3, -0.25) is 0 Å². The van der Waals surface area contributed by atoms with Gasteiger partial charge in [0.15, 0.2) is 0 Å². The summed E-state index contributed by atoms with van der Waals surface area (Å²) < 4.78 is 11.7. The van der Waals surface area contributed by atoms with Crippen molar-refractivity contribution in [2.75, 3.05) is 0 Å². The number of thiophene rings is 2. The minimum absolute atomic E-state index is 1.02. The Kier molecular flexibility index (Phi) is 1.75. The van der Waals surface area contributed by atoms with E-state index in [1.807, 2.05) is 0 Å². The minimum Gasteiger partial charge on any atom is -0.352 e. The second-order valence-electron chi connectivity index (χ2n) is 5.04. The molecule has 0 amide bonds. The maximum atomic E-state index is 4.58. The van der Waals surface area contributed by atoms with E-state index in [4.69, 9.17) is 0 Å². The molecule has 5 heterocycles. The summed E-state index contributed by atoms with van der Waals surface area (Å²) in [6, 6.07) is 4.26. The normalized spacial score (nSPS) is 12.8. The Morgan fingerprint density at radius 1 is 0.762 bits per heavy atom. The van der Waals surface area contributed by atoms with E-state index in [9.17, 15) is 0 Å². The molecule has 6 aromatic rings. The summed E-state index contributed by atoms with van der Waals surface area (Å²) in [6.45, 7) is 0. The van der Waals surface area contributed by atoms with Crippen LogP contribution in [0.2, 0.25) is 0 Å². The lowest BCUT2D eigenvalue weighted by Crippen LogP contribution is -1.78. The third-order valence-corrected chi connectivity index (χ3v) is 6.41. The number of nitrogens with zero attached hydrogens (tertiary/aromatic N) is 2. The highest BCUT2D eigenvalue weighted by Crippen LogP contribution is 2.43. The van der Waals surface area contributed by atoms with E-state index in [2.05, 4.69) is 41.6 Å². The lowest BCUT2D eigenvalue weighted by Gasteiger charge is -1.96. The Bertz CT molecular complexity index is 1190. The number of fused-ring (bicyclic) bond motifs is 10. The van der Waals surface area contributed by atoms with Crippen LogP contribution in [0.25, 0.3) is 53.3 Å². The largest absolute Gasteiger partial charge is 0.352 e. The van der Waals surface area contributed by atoms with Gasteiger partial charge in [0.25, 0.3) is 0 Å². The lowest BCUT2D eigenvalue weighted by atomic mass is 10.1. The molecule has 0 saturated carbocycles. The maximum Gasteiger partial charge on any atom is 0.116 e. The van der Waals surface area contributed by atoms with Gasteiger partial charge in [-0.05, 0) is 22.9 Å². The number of hydrogen-bond acceptors (Lipinski definition) is 5. The topological polar surface area (TPSA) is 57.4 Å². The molecule has 0 spiro atoms. The molecule has 5 aromatic heterocycles. The molecule has 0 fully saturated rings. The van der Waals surface area contributed by atoms with Crippen LogP contribution in [0.3, 0.4) is 0 Å². The van der Waals surface area contributed by atoms with E-state index in [1.54, 1.807) is 22.7 Å². The Labute approximate surface area is 129 Å². The minimum atomic E-state index is 1.02. The third kappa shape index (κ3) is 1.13. The molecule has 4 nitrogen and oxygen atoms in total. The number of aromatic nitrogens is 4. The average Bonchev–Trinajstić information content (AvgIpc) is 3.22. The van der Waals surface area contributed by atoms with Crippen molar-refractivity contribution in [2.24, 2.45) is 0 Å². The fourth-order valence-corrected chi connectivity index (χ4v) is 5.53. The van der Waals surface area contributed by atoms with Crippen molar-refractivity contribution in [1.29, 1.82) is 0 Å². The zero-order valence-corrected chi connectivity index (χ0v) is 12.9. The first-order valence-electron chi connectivity index (χ1n) is 6.44. The molecular formula is C14H6N4S3. The van der Waals surface area contributed by atoms with Gasteiger partial charge >= 0.3 is 0 Å². The van der Waals surface area contributed by atoms with Gasteiger partial charge in [-0.15, -0.1) is 22.7 Å². The molecule has 0 aliphatic rings. The number of benzene rings is 1. The van der Waals surface area contributed by atoms with Gasteiger partial charge in [0.05, 0.1) is 43.2 Å². The molecule has 21 heavy (non-hydrogen) atoms. The quantitative estimate of drug-likeness (QED) is 0.409. The SMILES string of the molecule is c1cc2[nH]c3c4[nH]c5ccsc5c4c4nsnc4c3c2s1. The van der Waals surface area contributed by atoms with Crippen molar-refractivity contribution in [2.45, 2.75) is 0 Å². The standard InChI is InChI=1S/C14H6N4S3/c1-3-19-13-5(1)15-9-7(13)11-12(18-21-17-11)8-10(9)16-6-2-4-20-14(6)8/h1-4,15-16H. The van der Waals surface area contributed by atoms with E-state index >= 15 is 0 Å². The monoisotopic (exact) mass is 326 g/mol. The molecule has 0 bridgehead atoms. The Balaban J connectivity index is 2.12. The van der Waals surface area contributed by atoms with E-state index in [0.717, 1.165) is 22.1 Å². The van der Waals surface area contributed by atoms with E-state index < -0.39 is 0 Å². The van der Waals surface area contributed by atoms with E-state index in [0.29, 0.717) is 0 Å². The molecule has 0 radical (unpaired) electrons. The van der Waals surface area contributed by atoms with Gasteiger partial charge < -0.3 is 9.97 Å². The van der Waals surface area contributed by atoms with Crippen molar-refractivity contribution in [3.05, 3.63) is 22.9 Å². The summed E-state index contributed by atoms with van der Waals surface area (Å²) in [7, 11) is 0. The van der Waals surface area contributed by atoms with Gasteiger partial charge in [0.1, 0.15) is 11.0 Å². The Morgan fingerprint density at radius 3 is 1.81 bits per heavy atom. The molecule has 7 heteroatoms. The highest BCUT2D eigenvalue weighted by Gasteiger charge is 2.20. The zero-order chi connectivity index (χ0) is 13.6. The Morgan fingerprint density at radius 2 is 1.29 bits per heavy atom. The van der Waals surface area contributed by atoms with Crippen LogP contribution in [0.5, 0.6) is 0 Å². The van der Waals surface area contributed by atoms with Crippen molar-refractivity contribution >= 4 is 87.7 Å². The molecule has 2 N–H and O–H groups in total. The van der Waals surface area contributed by atoms with Crippen LogP contribution in [0.1, 0.15) is 0 Å². The lowest BCUT2D eigenvalue weighted by molar-refractivity contribution is 1.52. The van der Waals surface area contributed by atoms with E-state index in [1.165, 1.54) is 42.9 Å². The highest BCUT2D eigenvalue weighted by atomic mass is 32.1. The van der Waals surface area contributed by atoms with Crippen LogP contribution >= 0.6 is 34.4 Å². The zero-order valence-electron chi connectivity index (χ0n) is 10.4. The first-order chi connectivity index (χ1) is 10.4. The molecular weight excluding hydrogens is 320 g/mol.